The van der Waals surface area contributed by atoms with Crippen molar-refractivity contribution in [3.05, 3.63) is 0 Å². The molecular formula is C18H32N2O. The van der Waals surface area contributed by atoms with E-state index < -0.39 is 0 Å². The summed E-state index contributed by atoms with van der Waals surface area (Å²) >= 11 is 0. The lowest BCUT2D eigenvalue weighted by Gasteiger charge is -2.40. The summed E-state index contributed by atoms with van der Waals surface area (Å²) in [6.45, 7) is 2.21. The number of nitrogens with one attached hydrogen (secondary N) is 2. The smallest absolute Gasteiger partial charge is 0.237 e. The molecule has 2 saturated carbocycles. The maximum Gasteiger partial charge on any atom is 0.237 e. The number of hydrogen-bond acceptors (Lipinski definition) is 2. The molecular weight excluding hydrogens is 260 g/mol. The first-order valence-corrected chi connectivity index (χ1v) is 9.30. The highest BCUT2D eigenvalue weighted by Crippen LogP contribution is 2.32. The number of amides is 1. The Morgan fingerprint density at radius 2 is 1.67 bits per heavy atom. The Morgan fingerprint density at radius 3 is 2.48 bits per heavy atom. The zero-order valence-corrected chi connectivity index (χ0v) is 13.6. The molecule has 0 spiro atoms. The van der Waals surface area contributed by atoms with Crippen LogP contribution in [0.4, 0.5) is 0 Å². The van der Waals surface area contributed by atoms with Crippen LogP contribution in [0.1, 0.15) is 77.6 Å². The molecule has 3 rings (SSSR count). The average molecular weight is 292 g/mol. The van der Waals surface area contributed by atoms with Crippen LogP contribution in [0.25, 0.3) is 0 Å². The third kappa shape index (κ3) is 3.80. The predicted molar refractivity (Wildman–Crippen MR) is 86.1 cm³/mol. The Kier molecular flexibility index (Phi) is 5.20. The van der Waals surface area contributed by atoms with E-state index in [2.05, 4.69) is 17.6 Å². The van der Waals surface area contributed by atoms with Gasteiger partial charge in [-0.2, -0.15) is 0 Å². The van der Waals surface area contributed by atoms with E-state index in [-0.39, 0.29) is 11.9 Å². The Hall–Kier alpha value is -0.570. The molecule has 1 saturated heterocycles. The summed E-state index contributed by atoms with van der Waals surface area (Å²) in [7, 11) is 0. The van der Waals surface area contributed by atoms with E-state index in [1.165, 1.54) is 64.2 Å². The largest absolute Gasteiger partial charge is 0.352 e. The summed E-state index contributed by atoms with van der Waals surface area (Å²) in [4.78, 5) is 12.6. The van der Waals surface area contributed by atoms with Crippen molar-refractivity contribution >= 4 is 5.91 Å². The molecule has 3 nitrogen and oxygen atoms in total. The van der Waals surface area contributed by atoms with Gasteiger partial charge in [0.1, 0.15) is 0 Å². The Balaban J connectivity index is 1.48. The molecule has 0 bridgehead atoms. The van der Waals surface area contributed by atoms with E-state index in [0.717, 1.165) is 12.3 Å². The molecule has 21 heavy (non-hydrogen) atoms. The zero-order valence-electron chi connectivity index (χ0n) is 13.6. The van der Waals surface area contributed by atoms with Crippen LogP contribution in [0.5, 0.6) is 0 Å². The van der Waals surface area contributed by atoms with Crippen LogP contribution in [-0.2, 0) is 4.79 Å². The van der Waals surface area contributed by atoms with Gasteiger partial charge in [-0.3, -0.25) is 4.79 Å². The molecule has 120 valence electrons. The van der Waals surface area contributed by atoms with Gasteiger partial charge in [0.25, 0.3) is 0 Å². The zero-order chi connectivity index (χ0) is 14.7. The first kappa shape index (κ1) is 15.3. The summed E-state index contributed by atoms with van der Waals surface area (Å²) in [6.07, 6.45) is 14.3. The lowest BCUT2D eigenvalue weighted by Crippen LogP contribution is -2.56. The molecule has 0 aromatic heterocycles. The summed E-state index contributed by atoms with van der Waals surface area (Å²) in [5.74, 6) is 1.80. The van der Waals surface area contributed by atoms with Gasteiger partial charge < -0.3 is 10.6 Å². The normalized spacial score (nSPS) is 35.8. The lowest BCUT2D eigenvalue weighted by atomic mass is 9.77. The van der Waals surface area contributed by atoms with Crippen molar-refractivity contribution in [2.45, 2.75) is 95.7 Å². The molecule has 1 aliphatic heterocycles. The fourth-order valence-electron chi connectivity index (χ4n) is 4.78. The van der Waals surface area contributed by atoms with Crippen molar-refractivity contribution in [3.63, 3.8) is 0 Å². The number of carbonyl (C=O) groups is 1. The summed E-state index contributed by atoms with van der Waals surface area (Å²) in [5.41, 5.74) is 0. The highest BCUT2D eigenvalue weighted by atomic mass is 16.2. The molecule has 1 heterocycles. The molecule has 2 aliphatic carbocycles. The van der Waals surface area contributed by atoms with E-state index in [0.29, 0.717) is 18.0 Å². The number of rotatable bonds is 3. The SMILES string of the molecule is C[C@H](NC(=O)C1CCC2CCCCC2N1)C1CCCCC1. The lowest BCUT2D eigenvalue weighted by molar-refractivity contribution is -0.125. The first-order valence-electron chi connectivity index (χ1n) is 9.30. The van der Waals surface area contributed by atoms with E-state index in [9.17, 15) is 4.79 Å². The first-order chi connectivity index (χ1) is 10.2. The fourth-order valence-corrected chi connectivity index (χ4v) is 4.78. The Bertz CT molecular complexity index is 351. The predicted octanol–water partition coefficient (Wildman–Crippen LogP) is 3.38. The van der Waals surface area contributed by atoms with E-state index in [1.807, 2.05) is 0 Å². The second-order valence-corrected chi connectivity index (χ2v) is 7.64. The molecule has 0 aromatic carbocycles. The van der Waals surface area contributed by atoms with Crippen molar-refractivity contribution in [2.24, 2.45) is 11.8 Å². The van der Waals surface area contributed by atoms with Crippen molar-refractivity contribution in [3.8, 4) is 0 Å². The number of piperidine rings is 1. The van der Waals surface area contributed by atoms with Crippen molar-refractivity contribution in [1.29, 1.82) is 0 Å². The van der Waals surface area contributed by atoms with E-state index >= 15 is 0 Å². The summed E-state index contributed by atoms with van der Waals surface area (Å²) < 4.78 is 0. The summed E-state index contributed by atoms with van der Waals surface area (Å²) in [5, 5.41) is 6.96. The van der Waals surface area contributed by atoms with Gasteiger partial charge in [-0.05, 0) is 57.3 Å². The van der Waals surface area contributed by atoms with E-state index in [1.54, 1.807) is 0 Å². The minimum atomic E-state index is 0.0652. The van der Waals surface area contributed by atoms with Crippen LogP contribution >= 0.6 is 0 Å². The Labute approximate surface area is 129 Å². The highest BCUT2D eigenvalue weighted by Gasteiger charge is 2.35. The highest BCUT2D eigenvalue weighted by molar-refractivity contribution is 5.82. The van der Waals surface area contributed by atoms with Gasteiger partial charge in [0.05, 0.1) is 6.04 Å². The standard InChI is InChI=1S/C18H32N2O/c1-13(14-7-3-2-4-8-14)19-18(21)17-12-11-15-9-5-6-10-16(15)20-17/h13-17,20H,2-12H2,1H3,(H,19,21)/t13-,15?,16?,17?/m0/s1. The average Bonchev–Trinajstić information content (AvgIpc) is 2.55. The molecule has 3 aliphatic rings. The second kappa shape index (κ2) is 7.13. The Morgan fingerprint density at radius 1 is 0.952 bits per heavy atom. The van der Waals surface area contributed by atoms with Gasteiger partial charge in [0.15, 0.2) is 0 Å². The number of carbonyl (C=O) groups excluding carboxylic acids is 1. The molecule has 3 unspecified atom stereocenters. The van der Waals surface area contributed by atoms with Crippen LogP contribution in [-0.4, -0.2) is 24.0 Å². The third-order valence-electron chi connectivity index (χ3n) is 6.19. The minimum absolute atomic E-state index is 0.0652. The monoisotopic (exact) mass is 292 g/mol. The van der Waals surface area contributed by atoms with Gasteiger partial charge in [0.2, 0.25) is 5.91 Å². The van der Waals surface area contributed by atoms with Crippen LogP contribution in [0.2, 0.25) is 0 Å². The maximum absolute atomic E-state index is 12.6. The van der Waals surface area contributed by atoms with Gasteiger partial charge in [0, 0.05) is 12.1 Å². The molecule has 2 N–H and O–H groups in total. The summed E-state index contributed by atoms with van der Waals surface area (Å²) in [6, 6.07) is 1.02. The van der Waals surface area contributed by atoms with Gasteiger partial charge in [-0.1, -0.05) is 32.1 Å². The second-order valence-electron chi connectivity index (χ2n) is 7.64. The van der Waals surface area contributed by atoms with E-state index in [4.69, 9.17) is 0 Å². The van der Waals surface area contributed by atoms with Crippen LogP contribution in [0.3, 0.4) is 0 Å². The van der Waals surface area contributed by atoms with Crippen LogP contribution in [0.15, 0.2) is 0 Å². The number of fused-ring (bicyclic) bond motifs is 1. The fraction of sp³-hybridized carbons (Fsp3) is 0.944. The molecule has 1 amide bonds. The maximum atomic E-state index is 12.6. The van der Waals surface area contributed by atoms with Gasteiger partial charge >= 0.3 is 0 Å². The number of hydrogen-bond donors (Lipinski definition) is 2. The third-order valence-corrected chi connectivity index (χ3v) is 6.19. The van der Waals surface area contributed by atoms with Crippen molar-refractivity contribution in [1.82, 2.24) is 10.6 Å². The topological polar surface area (TPSA) is 41.1 Å². The molecule has 4 atom stereocenters. The van der Waals surface area contributed by atoms with Crippen molar-refractivity contribution in [2.75, 3.05) is 0 Å². The minimum Gasteiger partial charge on any atom is -0.352 e. The molecule has 0 aromatic rings. The molecule has 0 radical (unpaired) electrons. The van der Waals surface area contributed by atoms with Gasteiger partial charge in [-0.25, -0.2) is 0 Å². The molecule has 3 heteroatoms. The van der Waals surface area contributed by atoms with Crippen LogP contribution < -0.4 is 10.6 Å². The molecule has 3 fully saturated rings. The van der Waals surface area contributed by atoms with Crippen LogP contribution in [0, 0.1) is 11.8 Å². The van der Waals surface area contributed by atoms with Crippen molar-refractivity contribution < 1.29 is 4.79 Å². The van der Waals surface area contributed by atoms with Gasteiger partial charge in [-0.15, -0.1) is 0 Å². The quantitative estimate of drug-likeness (QED) is 0.837.